The predicted molar refractivity (Wildman–Crippen MR) is 76.6 cm³/mol. The molecule has 2 aliphatic rings. The number of hydrogen-bond acceptors (Lipinski definition) is 1. The van der Waals surface area contributed by atoms with Crippen LogP contribution in [-0.4, -0.2) is 5.71 Å². The molecule has 0 aromatic heterocycles. The van der Waals surface area contributed by atoms with Crippen molar-refractivity contribution in [2.75, 3.05) is 0 Å². The van der Waals surface area contributed by atoms with Gasteiger partial charge in [0.25, 0.3) is 0 Å². The first-order chi connectivity index (χ1) is 8.92. The molecule has 0 bridgehead atoms. The van der Waals surface area contributed by atoms with Crippen LogP contribution in [-0.2, 0) is 0 Å². The summed E-state index contributed by atoms with van der Waals surface area (Å²) in [6.45, 7) is 0. The molecule has 2 aromatic rings. The number of rotatable bonds is 1. The van der Waals surface area contributed by atoms with Gasteiger partial charge < -0.3 is 0 Å². The molecule has 0 atom stereocenters. The molecule has 18 heavy (non-hydrogen) atoms. The largest absolute Gasteiger partial charge is 0.248 e. The van der Waals surface area contributed by atoms with Gasteiger partial charge in [-0.25, -0.2) is 4.99 Å². The van der Waals surface area contributed by atoms with Crippen LogP contribution >= 0.6 is 0 Å². The Morgan fingerprint density at radius 2 is 1.78 bits per heavy atom. The maximum atomic E-state index is 4.69. The van der Waals surface area contributed by atoms with Crippen LogP contribution in [0.5, 0.6) is 0 Å². The minimum atomic E-state index is 1.07. The van der Waals surface area contributed by atoms with Crippen molar-refractivity contribution in [2.45, 2.75) is 0 Å². The fraction of sp³-hybridized carbons (Fsp3) is 0. The van der Waals surface area contributed by atoms with Crippen LogP contribution in [0, 0.1) is 0 Å². The number of allylic oxidation sites excluding steroid dienone is 5. The molecule has 0 spiro atoms. The van der Waals surface area contributed by atoms with Gasteiger partial charge in [0.05, 0.1) is 11.4 Å². The van der Waals surface area contributed by atoms with E-state index in [4.69, 9.17) is 4.99 Å². The number of nitrogens with zero attached hydrogens (tertiary/aromatic N) is 1. The van der Waals surface area contributed by atoms with E-state index in [1.807, 2.05) is 6.08 Å². The maximum absolute atomic E-state index is 4.69. The first-order valence-electron chi connectivity index (χ1n) is 6.09. The van der Waals surface area contributed by atoms with Gasteiger partial charge in [0.2, 0.25) is 0 Å². The van der Waals surface area contributed by atoms with Gasteiger partial charge in [-0.05, 0) is 22.9 Å². The Morgan fingerprint density at radius 3 is 2.72 bits per heavy atom. The number of fused-ring (bicyclic) bond motifs is 2. The molecule has 0 unspecified atom stereocenters. The molecule has 1 heteroatoms. The van der Waals surface area contributed by atoms with Crippen molar-refractivity contribution in [1.82, 2.24) is 0 Å². The molecule has 0 amide bonds. The SMILES string of the molecule is C1=CC2=NC(c3cccc4ccccc34)=CC2=C1. The van der Waals surface area contributed by atoms with Gasteiger partial charge in [0.15, 0.2) is 0 Å². The van der Waals surface area contributed by atoms with Gasteiger partial charge in [-0.3, -0.25) is 0 Å². The van der Waals surface area contributed by atoms with Crippen LogP contribution < -0.4 is 0 Å². The fourth-order valence-corrected chi connectivity index (χ4v) is 2.54. The second kappa shape index (κ2) is 3.54. The van der Waals surface area contributed by atoms with Crippen molar-refractivity contribution in [3.8, 4) is 0 Å². The zero-order valence-corrected chi connectivity index (χ0v) is 9.80. The summed E-state index contributed by atoms with van der Waals surface area (Å²) in [7, 11) is 0. The minimum Gasteiger partial charge on any atom is -0.248 e. The van der Waals surface area contributed by atoms with Crippen molar-refractivity contribution in [3.63, 3.8) is 0 Å². The zero-order chi connectivity index (χ0) is 11.9. The summed E-state index contributed by atoms with van der Waals surface area (Å²) in [5.41, 5.74) is 4.58. The summed E-state index contributed by atoms with van der Waals surface area (Å²) in [5, 5.41) is 2.53. The highest BCUT2D eigenvalue weighted by Crippen LogP contribution is 2.32. The van der Waals surface area contributed by atoms with Crippen molar-refractivity contribution >= 4 is 22.2 Å². The molecule has 84 valence electrons. The van der Waals surface area contributed by atoms with Crippen molar-refractivity contribution in [1.29, 1.82) is 0 Å². The molecular formula is C17H11N. The van der Waals surface area contributed by atoms with E-state index in [1.54, 1.807) is 0 Å². The standard InChI is InChI=1S/C17H11N/c1-2-8-14-12(5-1)6-3-9-15(14)17-11-13-7-4-10-16(13)18-17/h1-11H. The molecule has 1 aliphatic heterocycles. The zero-order valence-electron chi connectivity index (χ0n) is 9.80. The van der Waals surface area contributed by atoms with E-state index >= 15 is 0 Å². The Labute approximate surface area is 105 Å². The first-order valence-corrected chi connectivity index (χ1v) is 6.09. The second-order valence-corrected chi connectivity index (χ2v) is 4.53. The fourth-order valence-electron chi connectivity index (χ4n) is 2.54. The van der Waals surface area contributed by atoms with Crippen LogP contribution in [0.3, 0.4) is 0 Å². The molecule has 1 nitrogen and oxygen atoms in total. The van der Waals surface area contributed by atoms with Gasteiger partial charge in [0.1, 0.15) is 0 Å². The Balaban J connectivity index is 1.95. The normalized spacial score (nSPS) is 16.6. The van der Waals surface area contributed by atoms with Gasteiger partial charge in [0, 0.05) is 11.1 Å². The molecule has 0 N–H and O–H groups in total. The van der Waals surface area contributed by atoms with Gasteiger partial charge in [-0.1, -0.05) is 54.6 Å². The van der Waals surface area contributed by atoms with Crippen LogP contribution in [0.25, 0.3) is 16.5 Å². The average molecular weight is 229 g/mol. The summed E-state index contributed by atoms with van der Waals surface area (Å²) < 4.78 is 0. The van der Waals surface area contributed by atoms with Crippen LogP contribution in [0.15, 0.2) is 77.3 Å². The molecule has 0 radical (unpaired) electrons. The Kier molecular flexibility index (Phi) is 1.89. The monoisotopic (exact) mass is 229 g/mol. The van der Waals surface area contributed by atoms with Crippen molar-refractivity contribution in [2.24, 2.45) is 4.99 Å². The highest BCUT2D eigenvalue weighted by molar-refractivity contribution is 6.19. The summed E-state index contributed by atoms with van der Waals surface area (Å²) in [6.07, 6.45) is 8.38. The smallest absolute Gasteiger partial charge is 0.0722 e. The van der Waals surface area contributed by atoms with Crippen LogP contribution in [0.1, 0.15) is 5.56 Å². The van der Waals surface area contributed by atoms with E-state index < -0.39 is 0 Å². The second-order valence-electron chi connectivity index (χ2n) is 4.53. The van der Waals surface area contributed by atoms with E-state index in [0.717, 1.165) is 11.4 Å². The van der Waals surface area contributed by atoms with E-state index in [-0.39, 0.29) is 0 Å². The maximum Gasteiger partial charge on any atom is 0.0722 e. The number of benzene rings is 2. The van der Waals surface area contributed by atoms with E-state index in [0.29, 0.717) is 0 Å². The van der Waals surface area contributed by atoms with Crippen molar-refractivity contribution in [3.05, 3.63) is 77.9 Å². The summed E-state index contributed by atoms with van der Waals surface area (Å²) >= 11 is 0. The Morgan fingerprint density at radius 1 is 0.889 bits per heavy atom. The molecule has 2 aromatic carbocycles. The lowest BCUT2D eigenvalue weighted by atomic mass is 10.0. The summed E-state index contributed by atoms with van der Waals surface area (Å²) in [6, 6.07) is 14.8. The summed E-state index contributed by atoms with van der Waals surface area (Å²) in [4.78, 5) is 4.69. The third-order valence-electron chi connectivity index (χ3n) is 3.42. The van der Waals surface area contributed by atoms with E-state index in [1.165, 1.54) is 21.9 Å². The topological polar surface area (TPSA) is 12.4 Å². The molecule has 4 rings (SSSR count). The van der Waals surface area contributed by atoms with Gasteiger partial charge in [-0.2, -0.15) is 0 Å². The highest BCUT2D eigenvalue weighted by atomic mass is 14.8. The van der Waals surface area contributed by atoms with Gasteiger partial charge >= 0.3 is 0 Å². The van der Waals surface area contributed by atoms with Crippen LogP contribution in [0.2, 0.25) is 0 Å². The lowest BCUT2D eigenvalue weighted by Gasteiger charge is -2.04. The third-order valence-corrected chi connectivity index (χ3v) is 3.42. The molecular weight excluding hydrogens is 218 g/mol. The third kappa shape index (κ3) is 1.31. The van der Waals surface area contributed by atoms with Gasteiger partial charge in [-0.15, -0.1) is 0 Å². The van der Waals surface area contributed by atoms with Crippen molar-refractivity contribution < 1.29 is 0 Å². The average Bonchev–Trinajstić information content (AvgIpc) is 2.99. The Bertz CT molecular complexity index is 768. The first kappa shape index (κ1) is 9.60. The predicted octanol–water partition coefficient (Wildman–Crippen LogP) is 4.13. The number of aliphatic imine (C=N–C) groups is 1. The molecule has 0 saturated heterocycles. The Hall–Kier alpha value is -2.41. The summed E-state index contributed by atoms with van der Waals surface area (Å²) in [5.74, 6) is 0. The number of hydrogen-bond donors (Lipinski definition) is 0. The molecule has 1 aliphatic carbocycles. The highest BCUT2D eigenvalue weighted by Gasteiger charge is 2.16. The van der Waals surface area contributed by atoms with E-state index in [9.17, 15) is 0 Å². The lowest BCUT2D eigenvalue weighted by molar-refractivity contribution is 1.57. The van der Waals surface area contributed by atoms with Crippen LogP contribution in [0.4, 0.5) is 0 Å². The molecule has 0 saturated carbocycles. The van der Waals surface area contributed by atoms with E-state index in [2.05, 4.69) is 60.7 Å². The minimum absolute atomic E-state index is 1.07. The molecule has 0 fully saturated rings. The quantitative estimate of drug-likeness (QED) is 0.697. The lowest BCUT2D eigenvalue weighted by Crippen LogP contribution is -1.85. The molecule has 1 heterocycles.